The van der Waals surface area contributed by atoms with Crippen LogP contribution in [0.15, 0.2) is 83.9 Å². The molecule has 0 spiro atoms. The highest BCUT2D eigenvalue weighted by atomic mass is 16.5. The second-order valence-electron chi connectivity index (χ2n) is 6.30. The number of amides is 1. The Hall–Kier alpha value is -3.93. The van der Waals surface area contributed by atoms with Crippen LogP contribution in [0.1, 0.15) is 22.8 Å². The molecule has 152 valence electrons. The predicted octanol–water partition coefficient (Wildman–Crippen LogP) is 4.63. The van der Waals surface area contributed by atoms with E-state index in [4.69, 9.17) is 9.47 Å². The zero-order valence-corrected chi connectivity index (χ0v) is 16.6. The van der Waals surface area contributed by atoms with Crippen LogP contribution >= 0.6 is 0 Å². The van der Waals surface area contributed by atoms with Gasteiger partial charge in [0.1, 0.15) is 5.75 Å². The third kappa shape index (κ3) is 6.31. The Morgan fingerprint density at radius 1 is 0.933 bits per heavy atom. The maximum absolute atomic E-state index is 11.9. The van der Waals surface area contributed by atoms with Gasteiger partial charge in [-0.15, -0.1) is 0 Å². The Kier molecular flexibility index (Phi) is 7.33. The van der Waals surface area contributed by atoms with Crippen LogP contribution in [-0.4, -0.2) is 31.3 Å². The molecule has 3 rings (SSSR count). The number of nitrogens with one attached hydrogen (secondary N) is 1. The monoisotopic (exact) mass is 402 g/mol. The van der Waals surface area contributed by atoms with E-state index in [0.29, 0.717) is 17.9 Å². The van der Waals surface area contributed by atoms with Crippen molar-refractivity contribution in [1.29, 1.82) is 0 Å². The summed E-state index contributed by atoms with van der Waals surface area (Å²) in [5, 5.41) is 2.77. The average molecular weight is 402 g/mol. The summed E-state index contributed by atoms with van der Waals surface area (Å²) in [6.07, 6.45) is 1.71. The minimum absolute atomic E-state index is 0.0743. The summed E-state index contributed by atoms with van der Waals surface area (Å²) in [4.78, 5) is 28.0. The van der Waals surface area contributed by atoms with E-state index in [1.165, 1.54) is 0 Å². The first-order valence-corrected chi connectivity index (χ1v) is 9.53. The van der Waals surface area contributed by atoms with Gasteiger partial charge < -0.3 is 14.8 Å². The first-order chi connectivity index (χ1) is 14.6. The van der Waals surface area contributed by atoms with Crippen LogP contribution in [0, 0.1) is 0 Å². The summed E-state index contributed by atoms with van der Waals surface area (Å²) in [7, 11) is 0. The highest BCUT2D eigenvalue weighted by Crippen LogP contribution is 2.16. The molecule has 3 aromatic carbocycles. The van der Waals surface area contributed by atoms with Gasteiger partial charge in [0.05, 0.1) is 17.9 Å². The van der Waals surface area contributed by atoms with Crippen molar-refractivity contribution in [3.63, 3.8) is 0 Å². The molecule has 30 heavy (non-hydrogen) atoms. The minimum Gasteiger partial charge on any atom is -0.484 e. The number of hydrogen-bond donors (Lipinski definition) is 1. The second-order valence-corrected chi connectivity index (χ2v) is 6.30. The summed E-state index contributed by atoms with van der Waals surface area (Å²) in [5.41, 5.74) is 2.83. The summed E-state index contributed by atoms with van der Waals surface area (Å²) in [6.45, 7) is 2.04. The molecule has 0 radical (unpaired) electrons. The number of hydrogen-bond acceptors (Lipinski definition) is 5. The van der Waals surface area contributed by atoms with Crippen LogP contribution in [-0.2, 0) is 9.53 Å². The molecule has 0 bridgehead atoms. The largest absolute Gasteiger partial charge is 0.484 e. The average Bonchev–Trinajstić information content (AvgIpc) is 2.78. The zero-order valence-electron chi connectivity index (χ0n) is 16.6. The first-order valence-electron chi connectivity index (χ1n) is 9.53. The van der Waals surface area contributed by atoms with Gasteiger partial charge in [0.2, 0.25) is 0 Å². The lowest BCUT2D eigenvalue weighted by molar-refractivity contribution is -0.118. The van der Waals surface area contributed by atoms with Crippen LogP contribution < -0.4 is 10.1 Å². The quantitative estimate of drug-likeness (QED) is 0.440. The van der Waals surface area contributed by atoms with Crippen LogP contribution in [0.4, 0.5) is 11.4 Å². The van der Waals surface area contributed by atoms with E-state index in [2.05, 4.69) is 10.3 Å². The van der Waals surface area contributed by atoms with Gasteiger partial charge in [0, 0.05) is 11.9 Å². The first kappa shape index (κ1) is 20.8. The van der Waals surface area contributed by atoms with Crippen molar-refractivity contribution in [3.8, 4) is 5.75 Å². The number of anilines is 1. The molecule has 0 aliphatic heterocycles. The number of carbonyl (C=O) groups is 2. The van der Waals surface area contributed by atoms with Gasteiger partial charge in [-0.1, -0.05) is 18.2 Å². The fraction of sp³-hybridized carbons (Fsp3) is 0.125. The van der Waals surface area contributed by atoms with Gasteiger partial charge in [-0.2, -0.15) is 0 Å². The molecule has 1 N–H and O–H groups in total. The Bertz CT molecular complexity index is 998. The molecule has 6 heteroatoms. The van der Waals surface area contributed by atoms with Gasteiger partial charge in [-0.25, -0.2) is 4.79 Å². The van der Waals surface area contributed by atoms with Crippen molar-refractivity contribution < 1.29 is 19.1 Å². The molecule has 0 atom stereocenters. The Morgan fingerprint density at radius 3 is 2.30 bits per heavy atom. The van der Waals surface area contributed by atoms with E-state index < -0.39 is 0 Å². The SMILES string of the molecule is CCOC(=O)c1ccc(N=Cc2ccc(OCC(=O)Nc3ccccc3)cc2)cc1. The third-order valence-corrected chi connectivity index (χ3v) is 4.05. The summed E-state index contributed by atoms with van der Waals surface area (Å²) < 4.78 is 10.5. The van der Waals surface area contributed by atoms with E-state index in [1.54, 1.807) is 49.5 Å². The number of carbonyl (C=O) groups excluding carboxylic acids is 2. The molecule has 0 saturated carbocycles. The fourth-order valence-electron chi connectivity index (χ4n) is 2.56. The van der Waals surface area contributed by atoms with Crippen LogP contribution in [0.25, 0.3) is 0 Å². The van der Waals surface area contributed by atoms with Crippen molar-refractivity contribution in [2.75, 3.05) is 18.5 Å². The molecule has 1 amide bonds. The normalized spacial score (nSPS) is 10.6. The van der Waals surface area contributed by atoms with Crippen LogP contribution in [0.2, 0.25) is 0 Å². The van der Waals surface area contributed by atoms with Crippen LogP contribution in [0.5, 0.6) is 5.75 Å². The predicted molar refractivity (Wildman–Crippen MR) is 117 cm³/mol. The number of aliphatic imine (C=N–C) groups is 1. The van der Waals surface area contributed by atoms with E-state index in [9.17, 15) is 9.59 Å². The standard InChI is InChI=1S/C24H22N2O4/c1-2-29-24(28)19-10-12-20(13-11-19)25-16-18-8-14-22(15-9-18)30-17-23(27)26-21-6-4-3-5-7-21/h3-16H,2,17H2,1H3,(H,26,27). The molecular weight excluding hydrogens is 380 g/mol. The maximum Gasteiger partial charge on any atom is 0.338 e. The lowest BCUT2D eigenvalue weighted by Gasteiger charge is -2.07. The van der Waals surface area contributed by atoms with E-state index in [-0.39, 0.29) is 18.5 Å². The number of esters is 1. The number of benzene rings is 3. The van der Waals surface area contributed by atoms with Gasteiger partial charge >= 0.3 is 5.97 Å². The van der Waals surface area contributed by atoms with Crippen molar-refractivity contribution in [2.45, 2.75) is 6.92 Å². The van der Waals surface area contributed by atoms with Crippen molar-refractivity contribution in [3.05, 3.63) is 90.0 Å². The molecule has 0 aliphatic carbocycles. The van der Waals surface area contributed by atoms with E-state index in [0.717, 1.165) is 16.9 Å². The molecule has 0 aliphatic rings. The Balaban J connectivity index is 1.50. The maximum atomic E-state index is 11.9. The number of ether oxygens (including phenoxy) is 2. The van der Waals surface area contributed by atoms with Gasteiger partial charge in [0.15, 0.2) is 6.61 Å². The van der Waals surface area contributed by atoms with Gasteiger partial charge in [-0.05, 0) is 73.2 Å². The minimum atomic E-state index is -0.346. The third-order valence-electron chi connectivity index (χ3n) is 4.05. The highest BCUT2D eigenvalue weighted by molar-refractivity contribution is 5.92. The summed E-state index contributed by atoms with van der Waals surface area (Å²) in [5.74, 6) is 0.0216. The molecule has 0 saturated heterocycles. The van der Waals surface area contributed by atoms with Crippen molar-refractivity contribution in [2.24, 2.45) is 4.99 Å². The molecule has 3 aromatic rings. The molecule has 0 fully saturated rings. The van der Waals surface area contributed by atoms with Crippen molar-refractivity contribution >= 4 is 29.5 Å². The van der Waals surface area contributed by atoms with E-state index in [1.807, 2.05) is 42.5 Å². The lowest BCUT2D eigenvalue weighted by Crippen LogP contribution is -2.20. The Labute approximate surface area is 175 Å². The highest BCUT2D eigenvalue weighted by Gasteiger charge is 2.05. The molecule has 0 aromatic heterocycles. The molecule has 0 unspecified atom stereocenters. The number of nitrogens with zero attached hydrogens (tertiary/aromatic N) is 1. The smallest absolute Gasteiger partial charge is 0.338 e. The Morgan fingerprint density at radius 2 is 1.63 bits per heavy atom. The molecule has 6 nitrogen and oxygen atoms in total. The fourth-order valence-corrected chi connectivity index (χ4v) is 2.56. The summed E-state index contributed by atoms with van der Waals surface area (Å²) in [6, 6.07) is 23.4. The number of rotatable bonds is 8. The summed E-state index contributed by atoms with van der Waals surface area (Å²) >= 11 is 0. The molecular formula is C24H22N2O4. The van der Waals surface area contributed by atoms with Crippen molar-refractivity contribution in [1.82, 2.24) is 0 Å². The lowest BCUT2D eigenvalue weighted by atomic mass is 10.2. The zero-order chi connectivity index (χ0) is 21.2. The van der Waals surface area contributed by atoms with E-state index >= 15 is 0 Å². The van der Waals surface area contributed by atoms with Crippen LogP contribution in [0.3, 0.4) is 0 Å². The molecule has 0 heterocycles. The second kappa shape index (κ2) is 10.6. The van der Waals surface area contributed by atoms with Gasteiger partial charge in [0.25, 0.3) is 5.91 Å². The van der Waals surface area contributed by atoms with Gasteiger partial charge in [-0.3, -0.25) is 9.79 Å². The number of para-hydroxylation sites is 1. The topological polar surface area (TPSA) is 77.0 Å².